The molecule has 1 aliphatic rings. The minimum absolute atomic E-state index is 0.0911. The number of nitrogens with two attached hydrogens (primary N) is 1. The van der Waals surface area contributed by atoms with Crippen molar-refractivity contribution in [3.8, 4) is 0 Å². The Morgan fingerprint density at radius 1 is 1.29 bits per heavy atom. The lowest BCUT2D eigenvalue weighted by atomic mass is 10.1. The Morgan fingerprint density at radius 2 is 2.00 bits per heavy atom. The summed E-state index contributed by atoms with van der Waals surface area (Å²) in [5.41, 5.74) is 10.7. The van der Waals surface area contributed by atoms with Crippen LogP contribution in [-0.4, -0.2) is 48.5 Å². The Balaban J connectivity index is 2.06. The van der Waals surface area contributed by atoms with E-state index in [1.165, 1.54) is 4.90 Å². The number of hydrogen-bond acceptors (Lipinski definition) is 6. The second kappa shape index (κ2) is 12.3. The first kappa shape index (κ1) is 24.7. The fourth-order valence-corrected chi connectivity index (χ4v) is 3.83. The van der Waals surface area contributed by atoms with Gasteiger partial charge in [0.25, 0.3) is 0 Å². The molecule has 0 saturated carbocycles. The summed E-state index contributed by atoms with van der Waals surface area (Å²) >= 11 is 1.85. The van der Waals surface area contributed by atoms with Crippen molar-refractivity contribution >= 4 is 23.4 Å². The van der Waals surface area contributed by atoms with Crippen molar-refractivity contribution in [3.63, 3.8) is 0 Å². The van der Waals surface area contributed by atoms with Gasteiger partial charge < -0.3 is 15.4 Å². The summed E-state index contributed by atoms with van der Waals surface area (Å²) < 4.78 is 5.65. The lowest BCUT2D eigenvalue weighted by molar-refractivity contribution is 0.327. The minimum Gasteiger partial charge on any atom is -0.471 e. The highest BCUT2D eigenvalue weighted by molar-refractivity contribution is 7.99. The van der Waals surface area contributed by atoms with Gasteiger partial charge in [-0.15, -0.1) is 11.8 Å². The Labute approximate surface area is 191 Å². The summed E-state index contributed by atoms with van der Waals surface area (Å²) in [4.78, 5) is 8.29. The number of nitrogens with one attached hydrogen (secondary N) is 1. The average molecular weight is 439 g/mol. The molecule has 0 saturated heterocycles. The van der Waals surface area contributed by atoms with E-state index in [1.54, 1.807) is 12.2 Å². The van der Waals surface area contributed by atoms with Crippen molar-refractivity contribution in [2.45, 2.75) is 37.8 Å². The largest absolute Gasteiger partial charge is 0.471 e. The Morgan fingerprint density at radius 3 is 2.61 bits per heavy atom. The topological polar surface area (TPSA) is 74.7 Å². The van der Waals surface area contributed by atoms with Crippen LogP contribution in [0.5, 0.6) is 0 Å². The van der Waals surface area contributed by atoms with E-state index in [0.29, 0.717) is 11.8 Å². The van der Waals surface area contributed by atoms with Crippen LogP contribution in [0.15, 0.2) is 81.5 Å². The van der Waals surface area contributed by atoms with Gasteiger partial charge in [-0.25, -0.2) is 4.99 Å². The van der Waals surface area contributed by atoms with Gasteiger partial charge in [0.05, 0.1) is 18.0 Å². The summed E-state index contributed by atoms with van der Waals surface area (Å²) in [6.45, 7) is 9.84. The smallest absolute Gasteiger partial charge is 0.206 e. The van der Waals surface area contributed by atoms with Gasteiger partial charge in [-0.1, -0.05) is 50.3 Å². The van der Waals surface area contributed by atoms with Crippen LogP contribution in [0.4, 0.5) is 0 Å². The van der Waals surface area contributed by atoms with Gasteiger partial charge in [0.1, 0.15) is 6.61 Å². The van der Waals surface area contributed by atoms with Crippen molar-refractivity contribution in [2.24, 2.45) is 10.7 Å². The van der Waals surface area contributed by atoms with Crippen molar-refractivity contribution in [1.29, 1.82) is 5.41 Å². The highest BCUT2D eigenvalue weighted by atomic mass is 32.2. The molecule has 0 aliphatic carbocycles. The molecular formula is C25H34N4OS. The normalized spacial score (nSPS) is 15.4. The van der Waals surface area contributed by atoms with Crippen LogP contribution >= 0.6 is 11.8 Å². The minimum atomic E-state index is 0.0911. The van der Waals surface area contributed by atoms with Gasteiger partial charge >= 0.3 is 0 Å². The second-order valence-electron chi connectivity index (χ2n) is 7.60. The van der Waals surface area contributed by atoms with E-state index in [-0.39, 0.29) is 12.5 Å². The van der Waals surface area contributed by atoms with Crippen LogP contribution in [0.25, 0.3) is 0 Å². The Kier molecular flexibility index (Phi) is 9.82. The first-order valence-electron chi connectivity index (χ1n) is 10.5. The average Bonchev–Trinajstić information content (AvgIpc) is 2.74. The molecule has 1 aromatic rings. The molecular weight excluding hydrogens is 404 g/mol. The third-order valence-corrected chi connectivity index (χ3v) is 5.76. The molecule has 0 amide bonds. The maximum atomic E-state index is 8.05. The quantitative estimate of drug-likeness (QED) is 0.242. The molecule has 0 atom stereocenters. The van der Waals surface area contributed by atoms with Gasteiger partial charge in [0.15, 0.2) is 0 Å². The number of thioether (sulfide) groups is 1. The van der Waals surface area contributed by atoms with Crippen LogP contribution < -0.4 is 5.73 Å². The van der Waals surface area contributed by atoms with Gasteiger partial charge in [0.2, 0.25) is 5.90 Å². The van der Waals surface area contributed by atoms with E-state index in [2.05, 4.69) is 50.1 Å². The number of ether oxygens (including phenoxy) is 1. The fraction of sp³-hybridized carbons (Fsp3) is 0.360. The molecule has 1 aliphatic heterocycles. The monoisotopic (exact) mass is 438 g/mol. The number of benzene rings is 1. The maximum absolute atomic E-state index is 8.05. The summed E-state index contributed by atoms with van der Waals surface area (Å²) in [6, 6.07) is 8.57. The van der Waals surface area contributed by atoms with E-state index < -0.39 is 0 Å². The van der Waals surface area contributed by atoms with Gasteiger partial charge in [0, 0.05) is 29.4 Å². The number of hydrogen-bond donors (Lipinski definition) is 2. The number of allylic oxidation sites excluding steroid dienone is 4. The fourth-order valence-electron chi connectivity index (χ4n) is 2.99. The molecule has 166 valence electrons. The predicted molar refractivity (Wildman–Crippen MR) is 134 cm³/mol. The summed E-state index contributed by atoms with van der Waals surface area (Å²) in [7, 11) is 2.05. The van der Waals surface area contributed by atoms with Crippen LogP contribution in [0, 0.1) is 5.41 Å². The van der Waals surface area contributed by atoms with Crippen molar-refractivity contribution in [2.75, 3.05) is 26.7 Å². The second-order valence-corrected chi connectivity index (χ2v) is 9.25. The zero-order chi connectivity index (χ0) is 22.8. The van der Waals surface area contributed by atoms with E-state index in [1.807, 2.05) is 43.8 Å². The van der Waals surface area contributed by atoms with Crippen LogP contribution in [0.3, 0.4) is 0 Å². The molecule has 1 aromatic carbocycles. The van der Waals surface area contributed by atoms with Crippen molar-refractivity contribution in [3.05, 3.63) is 77.2 Å². The molecule has 31 heavy (non-hydrogen) atoms. The summed E-state index contributed by atoms with van der Waals surface area (Å²) in [5.74, 6) is 0.0911. The zero-order valence-electron chi connectivity index (χ0n) is 19.2. The molecule has 0 unspecified atom stereocenters. The number of rotatable bonds is 9. The number of nitrogens with zero attached hydrogens (tertiary/aromatic N) is 2. The predicted octanol–water partition coefficient (Wildman–Crippen LogP) is 5.16. The number of aliphatic imine (C=N–C) groups is 1. The lowest BCUT2D eigenvalue weighted by Gasteiger charge is -2.27. The van der Waals surface area contributed by atoms with Gasteiger partial charge in [-0.05, 0) is 43.2 Å². The van der Waals surface area contributed by atoms with E-state index in [4.69, 9.17) is 20.9 Å². The third kappa shape index (κ3) is 7.89. The van der Waals surface area contributed by atoms with E-state index in [9.17, 15) is 0 Å². The molecule has 1 heterocycles. The van der Waals surface area contributed by atoms with Crippen LogP contribution in [0.2, 0.25) is 0 Å². The zero-order valence-corrected chi connectivity index (χ0v) is 20.0. The first-order valence-corrected chi connectivity index (χ1v) is 11.4. The molecule has 5 nitrogen and oxygen atoms in total. The molecule has 3 N–H and O–H groups in total. The first-order chi connectivity index (χ1) is 14.8. The van der Waals surface area contributed by atoms with Crippen LogP contribution in [-0.2, 0) is 4.74 Å². The third-order valence-electron chi connectivity index (χ3n) is 4.75. The Hall–Kier alpha value is -2.57. The molecule has 0 radical (unpaired) electrons. The lowest BCUT2D eigenvalue weighted by Crippen LogP contribution is -2.30. The van der Waals surface area contributed by atoms with Crippen LogP contribution in [0.1, 0.15) is 33.3 Å². The molecule has 0 fully saturated rings. The molecule has 6 heteroatoms. The maximum Gasteiger partial charge on any atom is 0.206 e. The Bertz CT molecular complexity index is 908. The van der Waals surface area contributed by atoms with Gasteiger partial charge in [-0.2, -0.15) is 0 Å². The SMILES string of the molecule is C\C=C/C(=C\C=C\C(=N)OCC1=C(C)N(C)CC(c2ccc(SC(C)C)cc2)=N1)CN. The highest BCUT2D eigenvalue weighted by Crippen LogP contribution is 2.24. The summed E-state index contributed by atoms with van der Waals surface area (Å²) in [6.07, 6.45) is 9.18. The van der Waals surface area contributed by atoms with Crippen molar-refractivity contribution in [1.82, 2.24) is 4.90 Å². The van der Waals surface area contributed by atoms with E-state index >= 15 is 0 Å². The number of likely N-dealkylation sites (N-methyl/N-ethyl adjacent to an activating group) is 1. The standard InChI is InChI=1S/C25H34N4OS/c1-6-8-20(15-26)9-7-10-25(27)30-17-24-19(4)29(5)16-23(28-24)21-11-13-22(14-12-21)31-18(2)3/h6-14,18,27H,15-17,26H2,1-5H3/b8-6-,10-7+,20-9+,27-25?. The molecule has 0 bridgehead atoms. The molecule has 0 spiro atoms. The van der Waals surface area contributed by atoms with E-state index in [0.717, 1.165) is 34.8 Å². The van der Waals surface area contributed by atoms with Crippen molar-refractivity contribution < 1.29 is 4.74 Å². The molecule has 2 rings (SSSR count). The van der Waals surface area contributed by atoms with Gasteiger partial charge in [-0.3, -0.25) is 5.41 Å². The summed E-state index contributed by atoms with van der Waals surface area (Å²) in [5, 5.41) is 8.60. The molecule has 0 aromatic heterocycles. The highest BCUT2D eigenvalue weighted by Gasteiger charge is 2.18.